The average molecular weight is 592 g/mol. The molecule has 218 valence electrons. The van der Waals surface area contributed by atoms with Crippen LogP contribution >= 0.6 is 0 Å². The standard InChI is InChI=1S/C43H29NO2/c1-43(2)34-16-7-5-14-32(34)40-35(43)17-10-18-36(40)44(27-22-24-39-33(25-27)29-13-6-8-20-38(29)45-39)37-19-9-15-30-31-23-21-26-11-3-4-12-28(26)41(31)46-42(30)37/h3-25H,1-2H3. The summed E-state index contributed by atoms with van der Waals surface area (Å²) in [7, 11) is 0. The zero-order valence-electron chi connectivity index (χ0n) is 25.5. The van der Waals surface area contributed by atoms with Gasteiger partial charge in [0.1, 0.15) is 16.7 Å². The van der Waals surface area contributed by atoms with Gasteiger partial charge in [-0.3, -0.25) is 0 Å². The molecule has 46 heavy (non-hydrogen) atoms. The summed E-state index contributed by atoms with van der Waals surface area (Å²) in [4.78, 5) is 2.39. The maximum absolute atomic E-state index is 6.93. The van der Waals surface area contributed by atoms with E-state index in [1.54, 1.807) is 0 Å². The Kier molecular flexibility index (Phi) is 5.06. The van der Waals surface area contributed by atoms with Crippen LogP contribution in [0.15, 0.2) is 148 Å². The van der Waals surface area contributed by atoms with E-state index in [1.807, 2.05) is 12.1 Å². The van der Waals surface area contributed by atoms with Crippen LogP contribution < -0.4 is 4.90 Å². The van der Waals surface area contributed by atoms with Crippen LogP contribution in [0.3, 0.4) is 0 Å². The minimum atomic E-state index is -0.122. The second kappa shape index (κ2) is 9.12. The second-order valence-electron chi connectivity index (χ2n) is 12.9. The number of hydrogen-bond donors (Lipinski definition) is 0. The Hall–Kier alpha value is -5.80. The molecule has 0 amide bonds. The molecule has 0 bridgehead atoms. The van der Waals surface area contributed by atoms with Gasteiger partial charge in [0.25, 0.3) is 0 Å². The van der Waals surface area contributed by atoms with E-state index in [0.29, 0.717) is 0 Å². The molecule has 3 heteroatoms. The van der Waals surface area contributed by atoms with Crippen molar-refractivity contribution in [1.29, 1.82) is 0 Å². The molecule has 1 aliphatic carbocycles. The zero-order valence-corrected chi connectivity index (χ0v) is 25.5. The van der Waals surface area contributed by atoms with Gasteiger partial charge in [0.05, 0.1) is 11.4 Å². The van der Waals surface area contributed by atoms with Crippen LogP contribution in [0.2, 0.25) is 0 Å². The van der Waals surface area contributed by atoms with Crippen molar-refractivity contribution in [3.05, 3.63) is 151 Å². The van der Waals surface area contributed by atoms with E-state index in [-0.39, 0.29) is 5.41 Å². The fourth-order valence-electron chi connectivity index (χ4n) is 7.87. The summed E-state index contributed by atoms with van der Waals surface area (Å²) < 4.78 is 13.2. The van der Waals surface area contributed by atoms with Crippen molar-refractivity contribution in [3.63, 3.8) is 0 Å². The molecule has 0 saturated carbocycles. The van der Waals surface area contributed by atoms with Gasteiger partial charge in [-0.05, 0) is 64.5 Å². The van der Waals surface area contributed by atoms with Crippen LogP contribution in [0.4, 0.5) is 17.1 Å². The molecule has 9 aromatic rings. The van der Waals surface area contributed by atoms with Crippen molar-refractivity contribution in [2.24, 2.45) is 0 Å². The van der Waals surface area contributed by atoms with Crippen molar-refractivity contribution in [2.75, 3.05) is 4.90 Å². The Labute approximate surface area is 265 Å². The van der Waals surface area contributed by atoms with Gasteiger partial charge in [-0.1, -0.05) is 111 Å². The SMILES string of the molecule is CC1(C)c2ccccc2-c2c(N(c3ccc4oc5ccccc5c4c3)c3cccc4c3oc3c5ccccc5ccc43)cccc21. The third-order valence-corrected chi connectivity index (χ3v) is 10.1. The first-order chi connectivity index (χ1) is 22.6. The molecule has 0 saturated heterocycles. The highest BCUT2D eigenvalue weighted by molar-refractivity contribution is 6.18. The van der Waals surface area contributed by atoms with Crippen molar-refractivity contribution >= 4 is 71.7 Å². The van der Waals surface area contributed by atoms with Crippen LogP contribution in [-0.2, 0) is 5.41 Å². The van der Waals surface area contributed by atoms with E-state index >= 15 is 0 Å². The van der Waals surface area contributed by atoms with Crippen molar-refractivity contribution in [3.8, 4) is 11.1 Å². The first-order valence-corrected chi connectivity index (χ1v) is 15.9. The fourth-order valence-corrected chi connectivity index (χ4v) is 7.87. The zero-order chi connectivity index (χ0) is 30.6. The number of hydrogen-bond acceptors (Lipinski definition) is 3. The lowest BCUT2D eigenvalue weighted by Gasteiger charge is -2.29. The third-order valence-electron chi connectivity index (χ3n) is 10.1. The Morgan fingerprint density at radius 1 is 0.478 bits per heavy atom. The predicted octanol–water partition coefficient (Wildman–Crippen LogP) is 12.4. The highest BCUT2D eigenvalue weighted by Crippen LogP contribution is 2.55. The topological polar surface area (TPSA) is 29.5 Å². The lowest BCUT2D eigenvalue weighted by atomic mass is 9.82. The van der Waals surface area contributed by atoms with E-state index in [9.17, 15) is 0 Å². The van der Waals surface area contributed by atoms with Gasteiger partial charge in [-0.25, -0.2) is 0 Å². The molecule has 0 unspecified atom stereocenters. The highest BCUT2D eigenvalue weighted by Gasteiger charge is 2.38. The summed E-state index contributed by atoms with van der Waals surface area (Å²) in [5.74, 6) is 0. The lowest BCUT2D eigenvalue weighted by molar-refractivity contribution is 0.660. The molecule has 0 radical (unpaired) electrons. The van der Waals surface area contributed by atoms with E-state index in [1.165, 1.54) is 27.6 Å². The molecule has 1 aliphatic rings. The van der Waals surface area contributed by atoms with Gasteiger partial charge in [0.15, 0.2) is 5.58 Å². The quantitative estimate of drug-likeness (QED) is 0.205. The van der Waals surface area contributed by atoms with E-state index < -0.39 is 0 Å². The van der Waals surface area contributed by atoms with Crippen LogP contribution in [-0.4, -0.2) is 0 Å². The normalized spacial score (nSPS) is 13.6. The van der Waals surface area contributed by atoms with Gasteiger partial charge in [-0.2, -0.15) is 0 Å². The van der Waals surface area contributed by atoms with Gasteiger partial charge < -0.3 is 13.7 Å². The molecule has 2 heterocycles. The Morgan fingerprint density at radius 3 is 2.11 bits per heavy atom. The van der Waals surface area contributed by atoms with Crippen LogP contribution in [0.1, 0.15) is 25.0 Å². The molecular formula is C43H29NO2. The molecule has 10 rings (SSSR count). The van der Waals surface area contributed by atoms with Gasteiger partial charge in [0, 0.05) is 43.6 Å². The van der Waals surface area contributed by atoms with Crippen LogP contribution in [0, 0.1) is 0 Å². The smallest absolute Gasteiger partial charge is 0.159 e. The number of furan rings is 2. The summed E-state index contributed by atoms with van der Waals surface area (Å²) in [6.07, 6.45) is 0. The summed E-state index contributed by atoms with van der Waals surface area (Å²) in [5.41, 5.74) is 11.8. The Morgan fingerprint density at radius 2 is 1.17 bits per heavy atom. The highest BCUT2D eigenvalue weighted by atomic mass is 16.3. The number of anilines is 3. The average Bonchev–Trinajstić information content (AvgIpc) is 3.74. The molecular weight excluding hydrogens is 562 g/mol. The molecule has 3 nitrogen and oxygen atoms in total. The summed E-state index contributed by atoms with van der Waals surface area (Å²) in [6.45, 7) is 4.67. The van der Waals surface area contributed by atoms with E-state index in [4.69, 9.17) is 8.83 Å². The Balaban J connectivity index is 1.32. The van der Waals surface area contributed by atoms with Gasteiger partial charge in [-0.15, -0.1) is 0 Å². The maximum Gasteiger partial charge on any atom is 0.159 e. The monoisotopic (exact) mass is 591 g/mol. The van der Waals surface area contributed by atoms with Crippen LogP contribution in [0.5, 0.6) is 0 Å². The predicted molar refractivity (Wildman–Crippen MR) is 191 cm³/mol. The number of nitrogens with zero attached hydrogens (tertiary/aromatic N) is 1. The maximum atomic E-state index is 6.93. The van der Waals surface area contributed by atoms with Crippen molar-refractivity contribution in [2.45, 2.75) is 19.3 Å². The second-order valence-corrected chi connectivity index (χ2v) is 12.9. The van der Waals surface area contributed by atoms with Gasteiger partial charge in [0.2, 0.25) is 0 Å². The molecule has 2 aromatic heterocycles. The molecule has 0 fully saturated rings. The van der Waals surface area contributed by atoms with E-state index in [0.717, 1.165) is 66.3 Å². The summed E-state index contributed by atoms with van der Waals surface area (Å²) in [5, 5.41) is 6.72. The molecule has 0 atom stereocenters. The summed E-state index contributed by atoms with van der Waals surface area (Å²) >= 11 is 0. The summed E-state index contributed by atoms with van der Waals surface area (Å²) in [6, 6.07) is 49.8. The number of fused-ring (bicyclic) bond motifs is 11. The minimum Gasteiger partial charge on any atom is -0.456 e. The molecule has 7 aromatic carbocycles. The van der Waals surface area contributed by atoms with E-state index in [2.05, 4.69) is 146 Å². The van der Waals surface area contributed by atoms with Crippen LogP contribution in [0.25, 0.3) is 65.8 Å². The largest absolute Gasteiger partial charge is 0.456 e. The lowest BCUT2D eigenvalue weighted by Crippen LogP contribution is -2.16. The molecule has 0 N–H and O–H groups in total. The van der Waals surface area contributed by atoms with Crippen molar-refractivity contribution < 1.29 is 8.83 Å². The first kappa shape index (κ1) is 25.5. The van der Waals surface area contributed by atoms with Crippen molar-refractivity contribution in [1.82, 2.24) is 0 Å². The molecule has 0 spiro atoms. The number of rotatable bonds is 3. The Bertz CT molecular complexity index is 2690. The minimum absolute atomic E-state index is 0.122. The third kappa shape index (κ3) is 3.37. The molecule has 0 aliphatic heterocycles. The van der Waals surface area contributed by atoms with Gasteiger partial charge >= 0.3 is 0 Å². The fraction of sp³-hybridized carbons (Fsp3) is 0.0698. The number of para-hydroxylation sites is 2. The first-order valence-electron chi connectivity index (χ1n) is 15.9. The number of benzene rings is 7.